The van der Waals surface area contributed by atoms with Crippen molar-refractivity contribution in [2.75, 3.05) is 27.4 Å². The van der Waals surface area contributed by atoms with Crippen LogP contribution < -0.4 is 9.47 Å². The van der Waals surface area contributed by atoms with Crippen LogP contribution in [0.25, 0.3) is 0 Å². The number of aliphatic hydroxyl groups is 1. The molecule has 0 radical (unpaired) electrons. The Kier molecular flexibility index (Phi) is 5.11. The molecule has 1 fully saturated rings. The summed E-state index contributed by atoms with van der Waals surface area (Å²) in [6.07, 6.45) is 0.893. The molecule has 116 valence electrons. The van der Waals surface area contributed by atoms with Gasteiger partial charge in [0, 0.05) is 6.54 Å². The maximum absolute atomic E-state index is 12.8. The first-order valence-corrected chi connectivity index (χ1v) is 7.66. The highest BCUT2D eigenvalue weighted by molar-refractivity contribution is 9.10. The van der Waals surface area contributed by atoms with Crippen molar-refractivity contribution in [3.63, 3.8) is 0 Å². The van der Waals surface area contributed by atoms with Crippen LogP contribution in [0.1, 0.15) is 23.7 Å². The Morgan fingerprint density at radius 3 is 2.71 bits per heavy atom. The Balaban J connectivity index is 2.40. The third-order valence-electron chi connectivity index (χ3n) is 4.02. The number of halogens is 1. The molecule has 1 amide bonds. The van der Waals surface area contributed by atoms with E-state index in [9.17, 15) is 9.90 Å². The second kappa shape index (κ2) is 6.66. The van der Waals surface area contributed by atoms with Gasteiger partial charge in [-0.1, -0.05) is 6.92 Å². The fraction of sp³-hybridized carbons (Fsp3) is 0.533. The summed E-state index contributed by atoms with van der Waals surface area (Å²) in [6.45, 7) is 2.66. The Labute approximate surface area is 133 Å². The van der Waals surface area contributed by atoms with Crippen LogP contribution in [-0.2, 0) is 0 Å². The monoisotopic (exact) mass is 357 g/mol. The maximum Gasteiger partial charge on any atom is 0.258 e. The molecule has 1 aromatic rings. The Morgan fingerprint density at radius 2 is 2.14 bits per heavy atom. The molecule has 6 heteroatoms. The van der Waals surface area contributed by atoms with Crippen molar-refractivity contribution in [2.24, 2.45) is 5.92 Å². The van der Waals surface area contributed by atoms with E-state index in [1.165, 1.54) is 7.11 Å². The highest BCUT2D eigenvalue weighted by atomic mass is 79.9. The highest BCUT2D eigenvalue weighted by Crippen LogP contribution is 2.36. The molecule has 0 aromatic heterocycles. The summed E-state index contributed by atoms with van der Waals surface area (Å²) in [5, 5.41) is 9.53. The van der Waals surface area contributed by atoms with E-state index in [0.29, 0.717) is 34.0 Å². The van der Waals surface area contributed by atoms with Gasteiger partial charge in [-0.3, -0.25) is 4.79 Å². The summed E-state index contributed by atoms with van der Waals surface area (Å²) in [5.74, 6) is 1.21. The van der Waals surface area contributed by atoms with Gasteiger partial charge in [-0.15, -0.1) is 0 Å². The van der Waals surface area contributed by atoms with Crippen LogP contribution in [0.5, 0.6) is 11.5 Å². The second-order valence-electron chi connectivity index (χ2n) is 5.20. The van der Waals surface area contributed by atoms with Crippen LogP contribution in [0.4, 0.5) is 0 Å². The van der Waals surface area contributed by atoms with Gasteiger partial charge in [0.1, 0.15) is 11.5 Å². The van der Waals surface area contributed by atoms with Gasteiger partial charge in [-0.25, -0.2) is 0 Å². The Morgan fingerprint density at radius 1 is 1.43 bits per heavy atom. The molecular weight excluding hydrogens is 338 g/mol. The number of carbonyl (C=O) groups is 1. The van der Waals surface area contributed by atoms with E-state index in [4.69, 9.17) is 9.47 Å². The number of amides is 1. The molecule has 1 saturated heterocycles. The van der Waals surface area contributed by atoms with Crippen LogP contribution in [0.2, 0.25) is 0 Å². The largest absolute Gasteiger partial charge is 0.497 e. The van der Waals surface area contributed by atoms with E-state index >= 15 is 0 Å². The smallest absolute Gasteiger partial charge is 0.258 e. The molecule has 1 aromatic carbocycles. The number of nitrogens with zero attached hydrogens (tertiary/aromatic N) is 1. The van der Waals surface area contributed by atoms with Gasteiger partial charge < -0.3 is 19.5 Å². The molecule has 0 bridgehead atoms. The number of benzene rings is 1. The number of likely N-dealkylation sites (tertiary alicyclic amines) is 1. The number of hydrogen-bond acceptors (Lipinski definition) is 4. The SMILES string of the molecule is COc1cc(Br)c(OC)c(C(=O)N2CCC(C)C2CO)c1. The zero-order valence-corrected chi connectivity index (χ0v) is 14.0. The molecule has 5 nitrogen and oxygen atoms in total. The first kappa shape index (κ1) is 16.1. The molecular formula is C15H20BrNO4. The van der Waals surface area contributed by atoms with Crippen molar-refractivity contribution in [1.82, 2.24) is 4.90 Å². The third-order valence-corrected chi connectivity index (χ3v) is 4.61. The zero-order chi connectivity index (χ0) is 15.6. The Bertz CT molecular complexity index is 535. The van der Waals surface area contributed by atoms with E-state index < -0.39 is 0 Å². The van der Waals surface area contributed by atoms with Crippen molar-refractivity contribution in [2.45, 2.75) is 19.4 Å². The normalized spacial score (nSPS) is 21.5. The van der Waals surface area contributed by atoms with Crippen molar-refractivity contribution in [3.05, 3.63) is 22.2 Å². The van der Waals surface area contributed by atoms with Crippen molar-refractivity contribution < 1.29 is 19.4 Å². The summed E-state index contributed by atoms with van der Waals surface area (Å²) in [5.41, 5.74) is 0.441. The van der Waals surface area contributed by atoms with Gasteiger partial charge in [0.05, 0.1) is 36.9 Å². The first-order chi connectivity index (χ1) is 10.0. The number of rotatable bonds is 4. The zero-order valence-electron chi connectivity index (χ0n) is 12.4. The third kappa shape index (κ3) is 3.01. The highest BCUT2D eigenvalue weighted by Gasteiger charge is 2.35. The van der Waals surface area contributed by atoms with Crippen LogP contribution >= 0.6 is 15.9 Å². The lowest BCUT2D eigenvalue weighted by Crippen LogP contribution is -2.40. The molecule has 1 aliphatic rings. The van der Waals surface area contributed by atoms with E-state index in [1.54, 1.807) is 24.1 Å². The van der Waals surface area contributed by atoms with Crippen LogP contribution in [0, 0.1) is 5.92 Å². The molecule has 1 N–H and O–H groups in total. The molecule has 2 atom stereocenters. The van der Waals surface area contributed by atoms with Gasteiger partial charge in [-0.05, 0) is 40.4 Å². The molecule has 0 aliphatic carbocycles. The average Bonchev–Trinajstić information content (AvgIpc) is 2.86. The summed E-state index contributed by atoms with van der Waals surface area (Å²) < 4.78 is 11.2. The molecule has 0 saturated carbocycles. The lowest BCUT2D eigenvalue weighted by Gasteiger charge is -2.26. The quantitative estimate of drug-likeness (QED) is 0.898. The molecule has 1 heterocycles. The number of hydrogen-bond donors (Lipinski definition) is 1. The van der Waals surface area contributed by atoms with Crippen LogP contribution in [0.3, 0.4) is 0 Å². The van der Waals surface area contributed by atoms with E-state index in [-0.39, 0.29) is 18.6 Å². The Hall–Kier alpha value is -1.27. The van der Waals surface area contributed by atoms with Gasteiger partial charge in [0.2, 0.25) is 0 Å². The van der Waals surface area contributed by atoms with Gasteiger partial charge in [0.25, 0.3) is 5.91 Å². The number of ether oxygens (including phenoxy) is 2. The summed E-state index contributed by atoms with van der Waals surface area (Å²) in [7, 11) is 3.08. The topological polar surface area (TPSA) is 59.0 Å². The molecule has 1 aliphatic heterocycles. The second-order valence-corrected chi connectivity index (χ2v) is 6.06. The fourth-order valence-electron chi connectivity index (χ4n) is 2.75. The van der Waals surface area contributed by atoms with E-state index in [1.807, 2.05) is 6.92 Å². The lowest BCUT2D eigenvalue weighted by molar-refractivity contribution is 0.0644. The van der Waals surface area contributed by atoms with Gasteiger partial charge >= 0.3 is 0 Å². The molecule has 2 unspecified atom stereocenters. The van der Waals surface area contributed by atoms with Crippen molar-refractivity contribution >= 4 is 21.8 Å². The van der Waals surface area contributed by atoms with Crippen LogP contribution in [-0.4, -0.2) is 49.3 Å². The summed E-state index contributed by atoms with van der Waals surface area (Å²) >= 11 is 3.39. The molecule has 2 rings (SSSR count). The van der Waals surface area contributed by atoms with Crippen molar-refractivity contribution in [1.29, 1.82) is 0 Å². The standard InChI is InChI=1S/C15H20BrNO4/c1-9-4-5-17(13(9)8-18)15(19)11-6-10(20-2)7-12(16)14(11)21-3/h6-7,9,13,18H,4-5,8H2,1-3H3. The van der Waals surface area contributed by atoms with Crippen LogP contribution in [0.15, 0.2) is 16.6 Å². The molecule has 21 heavy (non-hydrogen) atoms. The predicted octanol–water partition coefficient (Wildman–Crippen LogP) is 2.31. The number of aliphatic hydroxyl groups excluding tert-OH is 1. The summed E-state index contributed by atoms with van der Waals surface area (Å²) in [4.78, 5) is 14.5. The average molecular weight is 358 g/mol. The van der Waals surface area contributed by atoms with Gasteiger partial charge in [0.15, 0.2) is 0 Å². The number of carbonyl (C=O) groups excluding carboxylic acids is 1. The maximum atomic E-state index is 12.8. The number of methoxy groups -OCH3 is 2. The van der Waals surface area contributed by atoms with Gasteiger partial charge in [-0.2, -0.15) is 0 Å². The first-order valence-electron chi connectivity index (χ1n) is 6.86. The fourth-order valence-corrected chi connectivity index (χ4v) is 3.35. The summed E-state index contributed by atoms with van der Waals surface area (Å²) in [6, 6.07) is 3.28. The lowest BCUT2D eigenvalue weighted by atomic mass is 10.0. The van der Waals surface area contributed by atoms with E-state index in [2.05, 4.69) is 15.9 Å². The minimum absolute atomic E-state index is 0.0274. The molecule has 0 spiro atoms. The predicted molar refractivity (Wildman–Crippen MR) is 82.9 cm³/mol. The minimum Gasteiger partial charge on any atom is -0.497 e. The van der Waals surface area contributed by atoms with Crippen molar-refractivity contribution in [3.8, 4) is 11.5 Å². The van der Waals surface area contributed by atoms with E-state index in [0.717, 1.165) is 6.42 Å². The minimum atomic E-state index is -0.146.